The van der Waals surface area contributed by atoms with Crippen LogP contribution in [-0.2, 0) is 0 Å². The summed E-state index contributed by atoms with van der Waals surface area (Å²) in [6, 6.07) is 9.21. The molecular formula is C14H11Cl3FNO. The summed E-state index contributed by atoms with van der Waals surface area (Å²) in [5, 5.41) is 4.27. The number of rotatable bonds is 5. The molecule has 0 aliphatic rings. The predicted molar refractivity (Wildman–Crippen MR) is 81.9 cm³/mol. The Bertz CT molecular complexity index is 566. The number of benzene rings is 2. The zero-order valence-corrected chi connectivity index (χ0v) is 12.6. The van der Waals surface area contributed by atoms with Gasteiger partial charge in [0.1, 0.15) is 12.4 Å². The number of ether oxygens (including phenoxy) is 1. The summed E-state index contributed by atoms with van der Waals surface area (Å²) in [4.78, 5) is 0. The lowest BCUT2D eigenvalue weighted by atomic mass is 10.3. The maximum absolute atomic E-state index is 12.7. The molecule has 6 heteroatoms. The number of hydrogen-bond acceptors (Lipinski definition) is 2. The Morgan fingerprint density at radius 2 is 1.60 bits per heavy atom. The van der Waals surface area contributed by atoms with Crippen LogP contribution in [0.5, 0.6) is 5.75 Å². The van der Waals surface area contributed by atoms with E-state index in [1.54, 1.807) is 24.3 Å². The summed E-state index contributed by atoms with van der Waals surface area (Å²) in [5.74, 6) is 0.130. The molecule has 20 heavy (non-hydrogen) atoms. The highest BCUT2D eigenvalue weighted by molar-refractivity contribution is 6.40. The Hall–Kier alpha value is -1.16. The van der Waals surface area contributed by atoms with Crippen LogP contribution in [0.3, 0.4) is 0 Å². The lowest BCUT2D eigenvalue weighted by Crippen LogP contribution is -2.11. The van der Waals surface area contributed by atoms with Gasteiger partial charge in [0.25, 0.3) is 0 Å². The standard InChI is InChI=1S/C14H11Cl3FNO/c15-9-7-12(16)14(13(17)8-9)20-6-5-19-11-3-1-10(18)2-4-11/h1-4,7-8,19H,5-6H2. The molecular weight excluding hydrogens is 324 g/mol. The highest BCUT2D eigenvalue weighted by Gasteiger charge is 2.08. The van der Waals surface area contributed by atoms with Crippen LogP contribution in [0.2, 0.25) is 15.1 Å². The van der Waals surface area contributed by atoms with Crippen LogP contribution in [0.15, 0.2) is 36.4 Å². The van der Waals surface area contributed by atoms with Crippen molar-refractivity contribution in [2.45, 2.75) is 0 Å². The van der Waals surface area contributed by atoms with Crippen LogP contribution in [-0.4, -0.2) is 13.2 Å². The van der Waals surface area contributed by atoms with Crippen molar-refractivity contribution in [3.05, 3.63) is 57.3 Å². The van der Waals surface area contributed by atoms with Crippen molar-refractivity contribution >= 4 is 40.5 Å². The van der Waals surface area contributed by atoms with Gasteiger partial charge in [-0.15, -0.1) is 0 Å². The molecule has 0 radical (unpaired) electrons. The summed E-state index contributed by atoms with van der Waals surface area (Å²) >= 11 is 17.8. The summed E-state index contributed by atoms with van der Waals surface area (Å²) in [7, 11) is 0. The molecule has 0 fully saturated rings. The summed E-state index contributed by atoms with van der Waals surface area (Å²) in [6.45, 7) is 0.888. The molecule has 0 saturated carbocycles. The van der Waals surface area contributed by atoms with Crippen LogP contribution in [0, 0.1) is 5.82 Å². The van der Waals surface area contributed by atoms with E-state index in [4.69, 9.17) is 39.5 Å². The van der Waals surface area contributed by atoms with Gasteiger partial charge in [0, 0.05) is 17.3 Å². The molecule has 0 amide bonds. The Labute approximate surface area is 131 Å². The van der Waals surface area contributed by atoms with E-state index in [0.29, 0.717) is 34.0 Å². The molecule has 0 aromatic heterocycles. The van der Waals surface area contributed by atoms with Crippen LogP contribution in [0.4, 0.5) is 10.1 Å². The third-order valence-corrected chi connectivity index (χ3v) is 3.26. The fraction of sp³-hybridized carbons (Fsp3) is 0.143. The fourth-order valence-corrected chi connectivity index (χ4v) is 2.51. The van der Waals surface area contributed by atoms with Crippen molar-refractivity contribution in [2.24, 2.45) is 0 Å². The largest absolute Gasteiger partial charge is 0.489 e. The molecule has 0 atom stereocenters. The molecule has 106 valence electrons. The zero-order valence-electron chi connectivity index (χ0n) is 10.3. The van der Waals surface area contributed by atoms with Crippen molar-refractivity contribution in [3.63, 3.8) is 0 Å². The Kier molecular flexibility index (Phi) is 5.35. The SMILES string of the molecule is Fc1ccc(NCCOc2c(Cl)cc(Cl)cc2Cl)cc1. The Morgan fingerprint density at radius 1 is 1.00 bits per heavy atom. The van der Waals surface area contributed by atoms with Gasteiger partial charge < -0.3 is 10.1 Å². The third-order valence-electron chi connectivity index (χ3n) is 2.48. The van der Waals surface area contributed by atoms with Gasteiger partial charge in [-0.3, -0.25) is 0 Å². The number of anilines is 1. The van der Waals surface area contributed by atoms with Gasteiger partial charge in [-0.1, -0.05) is 34.8 Å². The number of nitrogens with one attached hydrogen (secondary N) is 1. The average Bonchev–Trinajstić information content (AvgIpc) is 2.39. The topological polar surface area (TPSA) is 21.3 Å². The summed E-state index contributed by atoms with van der Waals surface area (Å²) in [5.41, 5.74) is 0.809. The second-order valence-electron chi connectivity index (χ2n) is 3.98. The van der Waals surface area contributed by atoms with Gasteiger partial charge in [-0.25, -0.2) is 4.39 Å². The molecule has 1 N–H and O–H groups in total. The summed E-state index contributed by atoms with van der Waals surface area (Å²) < 4.78 is 18.2. The van der Waals surface area contributed by atoms with E-state index < -0.39 is 0 Å². The lowest BCUT2D eigenvalue weighted by molar-refractivity contribution is 0.333. The second kappa shape index (κ2) is 7.02. The number of hydrogen-bond donors (Lipinski definition) is 1. The van der Waals surface area contributed by atoms with E-state index in [0.717, 1.165) is 5.69 Å². The van der Waals surface area contributed by atoms with E-state index >= 15 is 0 Å². The van der Waals surface area contributed by atoms with Gasteiger partial charge in [-0.2, -0.15) is 0 Å². The fourth-order valence-electron chi connectivity index (χ4n) is 1.58. The minimum absolute atomic E-state index is 0.272. The van der Waals surface area contributed by atoms with E-state index in [2.05, 4.69) is 5.32 Å². The Morgan fingerprint density at radius 3 is 2.20 bits per heavy atom. The predicted octanol–water partition coefficient (Wildman–Crippen LogP) is 5.28. The molecule has 0 heterocycles. The second-order valence-corrected chi connectivity index (χ2v) is 5.23. The van der Waals surface area contributed by atoms with Crippen LogP contribution in [0.25, 0.3) is 0 Å². The first-order chi connectivity index (χ1) is 9.56. The first-order valence-electron chi connectivity index (χ1n) is 5.83. The Balaban J connectivity index is 1.86. The van der Waals surface area contributed by atoms with Crippen molar-refractivity contribution in [2.75, 3.05) is 18.5 Å². The first kappa shape index (κ1) is 15.2. The molecule has 0 bridgehead atoms. The normalized spacial score (nSPS) is 10.4. The minimum atomic E-state index is -0.272. The molecule has 0 spiro atoms. The zero-order chi connectivity index (χ0) is 14.5. The van der Waals surface area contributed by atoms with Gasteiger partial charge >= 0.3 is 0 Å². The molecule has 0 saturated heterocycles. The molecule has 0 aliphatic heterocycles. The van der Waals surface area contributed by atoms with E-state index in [1.165, 1.54) is 12.1 Å². The highest BCUT2D eigenvalue weighted by Crippen LogP contribution is 2.35. The lowest BCUT2D eigenvalue weighted by Gasteiger charge is -2.11. The van der Waals surface area contributed by atoms with Crippen molar-refractivity contribution in [1.29, 1.82) is 0 Å². The monoisotopic (exact) mass is 333 g/mol. The van der Waals surface area contributed by atoms with Crippen molar-refractivity contribution in [3.8, 4) is 5.75 Å². The molecule has 0 aliphatic carbocycles. The smallest absolute Gasteiger partial charge is 0.156 e. The molecule has 2 nitrogen and oxygen atoms in total. The van der Waals surface area contributed by atoms with Crippen molar-refractivity contribution in [1.82, 2.24) is 0 Å². The molecule has 2 aromatic carbocycles. The minimum Gasteiger partial charge on any atom is -0.489 e. The molecule has 0 unspecified atom stereocenters. The van der Waals surface area contributed by atoms with Crippen LogP contribution >= 0.6 is 34.8 Å². The number of halogens is 4. The van der Waals surface area contributed by atoms with Gasteiger partial charge in [0.15, 0.2) is 5.75 Å². The maximum Gasteiger partial charge on any atom is 0.156 e. The van der Waals surface area contributed by atoms with Gasteiger partial charge in [0.2, 0.25) is 0 Å². The maximum atomic E-state index is 12.7. The van der Waals surface area contributed by atoms with Gasteiger partial charge in [-0.05, 0) is 36.4 Å². The third kappa shape index (κ3) is 4.17. The highest BCUT2D eigenvalue weighted by atomic mass is 35.5. The molecule has 2 rings (SSSR count). The first-order valence-corrected chi connectivity index (χ1v) is 6.96. The van der Waals surface area contributed by atoms with E-state index in [9.17, 15) is 4.39 Å². The molecule has 2 aromatic rings. The van der Waals surface area contributed by atoms with Gasteiger partial charge in [0.05, 0.1) is 10.0 Å². The van der Waals surface area contributed by atoms with E-state index in [-0.39, 0.29) is 5.82 Å². The van der Waals surface area contributed by atoms with Crippen LogP contribution in [0.1, 0.15) is 0 Å². The van der Waals surface area contributed by atoms with Crippen molar-refractivity contribution < 1.29 is 9.13 Å². The van der Waals surface area contributed by atoms with E-state index in [1.807, 2.05) is 0 Å². The van der Waals surface area contributed by atoms with Crippen LogP contribution < -0.4 is 10.1 Å². The summed E-state index contributed by atoms with van der Waals surface area (Å²) in [6.07, 6.45) is 0. The quantitative estimate of drug-likeness (QED) is 0.751. The average molecular weight is 335 g/mol.